The van der Waals surface area contributed by atoms with E-state index in [9.17, 15) is 19.7 Å². The van der Waals surface area contributed by atoms with Crippen LogP contribution >= 0.6 is 0 Å². The first-order valence-corrected chi connectivity index (χ1v) is 8.40. The van der Waals surface area contributed by atoms with Crippen molar-refractivity contribution < 1.29 is 19.6 Å². The standard InChI is InChI=1S/C21H16N2O5/c24-20(15-7-4-8-17(11-15)21(25)26)16-9-10-19(23(27)28)18(12-16)22-13-14-5-2-1-3-6-14/h1-12,22H,13H2,(H,25,26). The van der Waals surface area contributed by atoms with E-state index in [1.165, 1.54) is 42.5 Å². The summed E-state index contributed by atoms with van der Waals surface area (Å²) >= 11 is 0. The van der Waals surface area contributed by atoms with Gasteiger partial charge in [0.25, 0.3) is 5.69 Å². The molecule has 7 nitrogen and oxygen atoms in total. The molecule has 0 amide bonds. The molecule has 0 aliphatic heterocycles. The summed E-state index contributed by atoms with van der Waals surface area (Å²) in [5.74, 6) is -1.55. The van der Waals surface area contributed by atoms with E-state index in [-0.39, 0.29) is 28.1 Å². The zero-order chi connectivity index (χ0) is 20.1. The summed E-state index contributed by atoms with van der Waals surface area (Å²) in [6.45, 7) is 0.355. The maximum atomic E-state index is 12.7. The van der Waals surface area contributed by atoms with Crippen LogP contribution in [0.2, 0.25) is 0 Å². The average Bonchev–Trinajstić information content (AvgIpc) is 2.72. The Kier molecular flexibility index (Phi) is 5.45. The Labute approximate surface area is 160 Å². The van der Waals surface area contributed by atoms with E-state index >= 15 is 0 Å². The molecule has 0 aliphatic rings. The first-order chi connectivity index (χ1) is 13.5. The second kappa shape index (κ2) is 8.13. The Bertz CT molecular complexity index is 1050. The molecular weight excluding hydrogens is 360 g/mol. The third kappa shape index (κ3) is 4.21. The van der Waals surface area contributed by atoms with Gasteiger partial charge in [-0.05, 0) is 29.8 Å². The minimum Gasteiger partial charge on any atom is -0.478 e. The fourth-order valence-corrected chi connectivity index (χ4v) is 2.73. The van der Waals surface area contributed by atoms with Crippen molar-refractivity contribution >= 4 is 23.1 Å². The molecule has 0 saturated heterocycles. The molecule has 0 atom stereocenters. The molecule has 7 heteroatoms. The molecule has 140 valence electrons. The molecular formula is C21H16N2O5. The first-order valence-electron chi connectivity index (χ1n) is 8.40. The van der Waals surface area contributed by atoms with E-state index in [1.54, 1.807) is 0 Å². The number of aromatic carboxylic acids is 1. The molecule has 0 aromatic heterocycles. The van der Waals surface area contributed by atoms with Crippen LogP contribution < -0.4 is 5.32 Å². The average molecular weight is 376 g/mol. The van der Waals surface area contributed by atoms with Crippen LogP contribution in [0, 0.1) is 10.1 Å². The molecule has 3 rings (SSSR count). The van der Waals surface area contributed by atoms with Gasteiger partial charge in [0, 0.05) is 23.7 Å². The van der Waals surface area contributed by atoms with E-state index in [0.717, 1.165) is 5.56 Å². The van der Waals surface area contributed by atoms with E-state index in [2.05, 4.69) is 5.32 Å². The number of hydrogen-bond donors (Lipinski definition) is 2. The van der Waals surface area contributed by atoms with Crippen LogP contribution in [0.15, 0.2) is 72.8 Å². The zero-order valence-corrected chi connectivity index (χ0v) is 14.7. The van der Waals surface area contributed by atoms with Crippen molar-refractivity contribution in [1.82, 2.24) is 0 Å². The number of rotatable bonds is 7. The van der Waals surface area contributed by atoms with Crippen molar-refractivity contribution in [2.24, 2.45) is 0 Å². The van der Waals surface area contributed by atoms with Crippen LogP contribution in [-0.4, -0.2) is 21.8 Å². The Morgan fingerprint density at radius 2 is 1.57 bits per heavy atom. The number of benzene rings is 3. The lowest BCUT2D eigenvalue weighted by Crippen LogP contribution is -2.07. The van der Waals surface area contributed by atoms with Crippen LogP contribution in [0.4, 0.5) is 11.4 Å². The molecule has 0 bridgehead atoms. The molecule has 0 spiro atoms. The van der Waals surface area contributed by atoms with E-state index in [0.29, 0.717) is 6.54 Å². The Morgan fingerprint density at radius 1 is 0.893 bits per heavy atom. The number of nitro groups is 1. The lowest BCUT2D eigenvalue weighted by atomic mass is 10.0. The lowest BCUT2D eigenvalue weighted by molar-refractivity contribution is -0.384. The second-order valence-corrected chi connectivity index (χ2v) is 6.04. The summed E-state index contributed by atoms with van der Waals surface area (Å²) in [5.41, 5.74) is 1.42. The number of nitrogens with zero attached hydrogens (tertiary/aromatic N) is 1. The topological polar surface area (TPSA) is 110 Å². The van der Waals surface area contributed by atoms with Gasteiger partial charge in [-0.2, -0.15) is 0 Å². The third-order valence-electron chi connectivity index (χ3n) is 4.15. The Balaban J connectivity index is 1.91. The molecule has 0 saturated carbocycles. The lowest BCUT2D eigenvalue weighted by Gasteiger charge is -2.09. The van der Waals surface area contributed by atoms with Gasteiger partial charge in [0.15, 0.2) is 5.78 Å². The molecule has 3 aromatic rings. The van der Waals surface area contributed by atoms with Gasteiger partial charge < -0.3 is 10.4 Å². The number of ketones is 1. The second-order valence-electron chi connectivity index (χ2n) is 6.04. The molecule has 28 heavy (non-hydrogen) atoms. The normalized spacial score (nSPS) is 10.3. The summed E-state index contributed by atoms with van der Waals surface area (Å²) in [5, 5.41) is 23.4. The minimum atomic E-state index is -1.14. The van der Waals surface area contributed by atoms with Crippen molar-refractivity contribution in [1.29, 1.82) is 0 Å². The number of carbonyl (C=O) groups excluding carboxylic acids is 1. The van der Waals surface area contributed by atoms with Crippen LogP contribution in [0.5, 0.6) is 0 Å². The quantitative estimate of drug-likeness (QED) is 0.364. The monoisotopic (exact) mass is 376 g/mol. The molecule has 0 aliphatic carbocycles. The van der Waals surface area contributed by atoms with Crippen molar-refractivity contribution in [2.75, 3.05) is 5.32 Å². The Hall–Kier alpha value is -4.00. The van der Waals surface area contributed by atoms with Crippen molar-refractivity contribution in [3.8, 4) is 0 Å². The van der Waals surface area contributed by atoms with Gasteiger partial charge in [-0.25, -0.2) is 4.79 Å². The van der Waals surface area contributed by atoms with Crippen LogP contribution in [-0.2, 0) is 6.54 Å². The number of nitro benzene ring substituents is 1. The number of carboxylic acids is 1. The van der Waals surface area contributed by atoms with Crippen molar-refractivity contribution in [2.45, 2.75) is 6.54 Å². The smallest absolute Gasteiger partial charge is 0.335 e. The van der Waals surface area contributed by atoms with Gasteiger partial charge in [0.1, 0.15) is 5.69 Å². The van der Waals surface area contributed by atoms with Gasteiger partial charge >= 0.3 is 5.97 Å². The largest absolute Gasteiger partial charge is 0.478 e. The highest BCUT2D eigenvalue weighted by atomic mass is 16.6. The molecule has 0 fully saturated rings. The molecule has 0 unspecified atom stereocenters. The third-order valence-corrected chi connectivity index (χ3v) is 4.15. The predicted octanol–water partition coefficient (Wildman–Crippen LogP) is 4.14. The number of carbonyl (C=O) groups is 2. The Morgan fingerprint density at radius 3 is 2.25 bits per heavy atom. The first kappa shape index (κ1) is 18.8. The summed E-state index contributed by atoms with van der Waals surface area (Å²) in [6.07, 6.45) is 0. The number of anilines is 1. The van der Waals surface area contributed by atoms with Crippen molar-refractivity contribution in [3.05, 3.63) is 105 Å². The minimum absolute atomic E-state index is 0.00446. The molecule has 0 heterocycles. The summed E-state index contributed by atoms with van der Waals surface area (Å²) in [6, 6.07) is 19.1. The van der Waals surface area contributed by atoms with Crippen molar-refractivity contribution in [3.63, 3.8) is 0 Å². The van der Waals surface area contributed by atoms with Gasteiger partial charge in [-0.3, -0.25) is 14.9 Å². The fourth-order valence-electron chi connectivity index (χ4n) is 2.73. The number of nitrogens with one attached hydrogen (secondary N) is 1. The van der Waals surface area contributed by atoms with Gasteiger partial charge in [-0.15, -0.1) is 0 Å². The summed E-state index contributed by atoms with van der Waals surface area (Å²) in [7, 11) is 0. The molecule has 2 N–H and O–H groups in total. The van der Waals surface area contributed by atoms with E-state index < -0.39 is 16.7 Å². The summed E-state index contributed by atoms with van der Waals surface area (Å²) < 4.78 is 0. The predicted molar refractivity (Wildman–Crippen MR) is 104 cm³/mol. The van der Waals surface area contributed by atoms with Crippen LogP contribution in [0.3, 0.4) is 0 Å². The maximum absolute atomic E-state index is 12.7. The van der Waals surface area contributed by atoms with Gasteiger partial charge in [0.05, 0.1) is 10.5 Å². The van der Waals surface area contributed by atoms with E-state index in [1.807, 2.05) is 30.3 Å². The van der Waals surface area contributed by atoms with Gasteiger partial charge in [-0.1, -0.05) is 42.5 Å². The van der Waals surface area contributed by atoms with E-state index in [4.69, 9.17) is 5.11 Å². The highest BCUT2D eigenvalue weighted by molar-refractivity contribution is 6.10. The molecule has 0 radical (unpaired) electrons. The highest BCUT2D eigenvalue weighted by Crippen LogP contribution is 2.27. The number of hydrogen-bond acceptors (Lipinski definition) is 5. The molecule has 3 aromatic carbocycles. The maximum Gasteiger partial charge on any atom is 0.335 e. The number of carboxylic acid groups (broad SMARTS) is 1. The van der Waals surface area contributed by atoms with Crippen LogP contribution in [0.25, 0.3) is 0 Å². The zero-order valence-electron chi connectivity index (χ0n) is 14.7. The fraction of sp³-hybridized carbons (Fsp3) is 0.0476. The highest BCUT2D eigenvalue weighted by Gasteiger charge is 2.18. The van der Waals surface area contributed by atoms with Gasteiger partial charge in [0.2, 0.25) is 0 Å². The SMILES string of the molecule is O=C(O)c1cccc(C(=O)c2ccc([N+](=O)[O-])c(NCc3ccccc3)c2)c1. The van der Waals surface area contributed by atoms with Crippen LogP contribution in [0.1, 0.15) is 31.8 Å². The summed E-state index contributed by atoms with van der Waals surface area (Å²) in [4.78, 5) is 34.6.